The average Bonchev–Trinajstić information content (AvgIpc) is 2.52. The minimum Gasteiger partial charge on any atom is -0.304 e. The molecule has 0 saturated carbocycles. The third-order valence-electron chi connectivity index (χ3n) is 4.46. The van der Waals surface area contributed by atoms with E-state index >= 15 is 0 Å². The van der Waals surface area contributed by atoms with Gasteiger partial charge in [0, 0.05) is 30.7 Å². The lowest BCUT2D eigenvalue weighted by Crippen LogP contribution is -2.44. The Morgan fingerprint density at radius 2 is 1.76 bits per heavy atom. The first-order chi connectivity index (χ1) is 10.2. The molecule has 0 aromatic heterocycles. The summed E-state index contributed by atoms with van der Waals surface area (Å²) in [5.41, 5.74) is 1.43. The van der Waals surface area contributed by atoms with Crippen LogP contribution in [0.2, 0.25) is 0 Å². The van der Waals surface area contributed by atoms with Crippen LogP contribution in [0, 0.1) is 0 Å². The van der Waals surface area contributed by atoms with Crippen LogP contribution in [0.15, 0.2) is 40.9 Å². The quantitative estimate of drug-likeness (QED) is 0.831. The third kappa shape index (κ3) is 3.65. The van der Waals surface area contributed by atoms with E-state index in [-0.39, 0.29) is 0 Å². The Balaban J connectivity index is 1.59. The van der Waals surface area contributed by atoms with Crippen molar-refractivity contribution in [1.29, 1.82) is 0 Å². The van der Waals surface area contributed by atoms with Crippen molar-refractivity contribution in [1.82, 2.24) is 9.80 Å². The zero-order chi connectivity index (χ0) is 14.7. The molecule has 1 aliphatic rings. The summed E-state index contributed by atoms with van der Waals surface area (Å²) in [5, 5.41) is 2.64. The summed E-state index contributed by atoms with van der Waals surface area (Å²) < 4.78 is 1.28. The van der Waals surface area contributed by atoms with Gasteiger partial charge in [0.25, 0.3) is 0 Å². The first kappa shape index (κ1) is 15.0. The number of rotatable bonds is 4. The molecular weight excluding hydrogens is 324 g/mol. The Morgan fingerprint density at radius 1 is 1.00 bits per heavy atom. The second-order valence-corrected chi connectivity index (χ2v) is 6.80. The van der Waals surface area contributed by atoms with Gasteiger partial charge in [-0.3, -0.25) is 0 Å². The largest absolute Gasteiger partial charge is 0.304 e. The second kappa shape index (κ2) is 6.91. The summed E-state index contributed by atoms with van der Waals surface area (Å²) in [7, 11) is 2.21. The second-order valence-electron chi connectivity index (χ2n) is 6.01. The molecule has 0 unspecified atom stereocenters. The fourth-order valence-electron chi connectivity index (χ4n) is 3.04. The molecule has 21 heavy (non-hydrogen) atoms. The number of hydrogen-bond acceptors (Lipinski definition) is 2. The standard InChI is InChI=1S/C18H23BrN2/c1-20-11-13-21(14-12-20)10-4-6-16-9-8-15-5-2-3-7-17(15)18(16)19/h2-3,5,7-9H,4,6,10-14H2,1H3. The zero-order valence-electron chi connectivity index (χ0n) is 12.7. The first-order valence-corrected chi connectivity index (χ1v) is 8.60. The van der Waals surface area contributed by atoms with Gasteiger partial charge in [-0.15, -0.1) is 0 Å². The average molecular weight is 347 g/mol. The van der Waals surface area contributed by atoms with E-state index in [1.165, 1.54) is 60.0 Å². The van der Waals surface area contributed by atoms with E-state index in [2.05, 4.69) is 69.2 Å². The van der Waals surface area contributed by atoms with Gasteiger partial charge in [-0.1, -0.05) is 36.4 Å². The highest BCUT2D eigenvalue weighted by Crippen LogP contribution is 2.28. The number of benzene rings is 2. The van der Waals surface area contributed by atoms with Crippen LogP contribution >= 0.6 is 15.9 Å². The van der Waals surface area contributed by atoms with Crippen molar-refractivity contribution in [2.45, 2.75) is 12.8 Å². The third-order valence-corrected chi connectivity index (χ3v) is 5.40. The highest BCUT2D eigenvalue weighted by molar-refractivity contribution is 9.10. The summed E-state index contributed by atoms with van der Waals surface area (Å²) in [6.07, 6.45) is 2.39. The molecule has 2 aromatic rings. The number of nitrogens with zero attached hydrogens (tertiary/aromatic N) is 2. The maximum atomic E-state index is 3.80. The number of halogens is 1. The van der Waals surface area contributed by atoms with Gasteiger partial charge in [0.1, 0.15) is 0 Å². The molecule has 112 valence electrons. The Labute approximate surface area is 135 Å². The van der Waals surface area contributed by atoms with Crippen LogP contribution in [0.25, 0.3) is 10.8 Å². The highest BCUT2D eigenvalue weighted by Gasteiger charge is 2.13. The maximum absolute atomic E-state index is 3.80. The van der Waals surface area contributed by atoms with E-state index in [1.807, 2.05) is 0 Å². The predicted octanol–water partition coefficient (Wildman–Crippen LogP) is 3.78. The predicted molar refractivity (Wildman–Crippen MR) is 93.9 cm³/mol. The summed E-state index contributed by atoms with van der Waals surface area (Å²) in [6, 6.07) is 13.1. The van der Waals surface area contributed by atoms with Gasteiger partial charge in [-0.2, -0.15) is 0 Å². The van der Waals surface area contributed by atoms with Crippen LogP contribution in [-0.2, 0) is 6.42 Å². The fourth-order valence-corrected chi connectivity index (χ4v) is 3.73. The van der Waals surface area contributed by atoms with E-state index in [4.69, 9.17) is 0 Å². The molecule has 1 saturated heterocycles. The van der Waals surface area contributed by atoms with E-state index in [9.17, 15) is 0 Å². The van der Waals surface area contributed by atoms with E-state index < -0.39 is 0 Å². The highest BCUT2D eigenvalue weighted by atomic mass is 79.9. The van der Waals surface area contributed by atoms with Crippen LogP contribution in [-0.4, -0.2) is 49.6 Å². The van der Waals surface area contributed by atoms with Crippen LogP contribution in [0.1, 0.15) is 12.0 Å². The number of fused-ring (bicyclic) bond motifs is 1. The van der Waals surface area contributed by atoms with Crippen molar-refractivity contribution >= 4 is 26.7 Å². The van der Waals surface area contributed by atoms with Crippen molar-refractivity contribution in [3.63, 3.8) is 0 Å². The van der Waals surface area contributed by atoms with Gasteiger partial charge in [-0.25, -0.2) is 0 Å². The lowest BCUT2D eigenvalue weighted by Gasteiger charge is -2.32. The van der Waals surface area contributed by atoms with Crippen LogP contribution in [0.3, 0.4) is 0 Å². The molecule has 2 nitrogen and oxygen atoms in total. The van der Waals surface area contributed by atoms with Gasteiger partial charge in [0.15, 0.2) is 0 Å². The molecule has 0 atom stereocenters. The van der Waals surface area contributed by atoms with Crippen molar-refractivity contribution in [3.05, 3.63) is 46.4 Å². The Morgan fingerprint density at radius 3 is 2.57 bits per heavy atom. The van der Waals surface area contributed by atoms with Crippen molar-refractivity contribution in [2.75, 3.05) is 39.8 Å². The Hall–Kier alpha value is -0.900. The van der Waals surface area contributed by atoms with E-state index in [0.29, 0.717) is 0 Å². The summed E-state index contributed by atoms with van der Waals surface area (Å²) in [5.74, 6) is 0. The summed E-state index contributed by atoms with van der Waals surface area (Å²) >= 11 is 3.80. The lowest BCUT2D eigenvalue weighted by atomic mass is 10.0. The van der Waals surface area contributed by atoms with E-state index in [0.717, 1.165) is 6.42 Å². The van der Waals surface area contributed by atoms with Crippen LogP contribution < -0.4 is 0 Å². The lowest BCUT2D eigenvalue weighted by molar-refractivity contribution is 0.153. The minimum absolute atomic E-state index is 1.15. The van der Waals surface area contributed by atoms with Gasteiger partial charge in [-0.05, 0) is 58.7 Å². The van der Waals surface area contributed by atoms with Gasteiger partial charge in [0.05, 0.1) is 0 Å². The molecule has 0 N–H and O–H groups in total. The number of aryl methyl sites for hydroxylation is 1. The van der Waals surface area contributed by atoms with Crippen molar-refractivity contribution < 1.29 is 0 Å². The number of hydrogen-bond donors (Lipinski definition) is 0. The molecule has 3 rings (SSSR count). The fraction of sp³-hybridized carbons (Fsp3) is 0.444. The SMILES string of the molecule is CN1CCN(CCCc2ccc3ccccc3c2Br)CC1. The number of likely N-dealkylation sites (N-methyl/N-ethyl adjacent to an activating group) is 1. The molecule has 1 heterocycles. The molecule has 0 spiro atoms. The van der Waals surface area contributed by atoms with Crippen molar-refractivity contribution in [2.24, 2.45) is 0 Å². The molecule has 2 aromatic carbocycles. The molecular formula is C18H23BrN2. The molecule has 3 heteroatoms. The van der Waals surface area contributed by atoms with Gasteiger partial charge < -0.3 is 9.80 Å². The Kier molecular flexibility index (Phi) is 4.94. The molecule has 1 fully saturated rings. The van der Waals surface area contributed by atoms with Crippen molar-refractivity contribution in [3.8, 4) is 0 Å². The topological polar surface area (TPSA) is 6.48 Å². The first-order valence-electron chi connectivity index (χ1n) is 7.81. The van der Waals surface area contributed by atoms with E-state index in [1.54, 1.807) is 0 Å². The molecule has 1 aliphatic heterocycles. The number of piperazine rings is 1. The van der Waals surface area contributed by atoms with Gasteiger partial charge >= 0.3 is 0 Å². The zero-order valence-corrected chi connectivity index (χ0v) is 14.3. The smallest absolute Gasteiger partial charge is 0.0285 e. The van der Waals surface area contributed by atoms with Gasteiger partial charge in [0.2, 0.25) is 0 Å². The summed E-state index contributed by atoms with van der Waals surface area (Å²) in [6.45, 7) is 6.07. The minimum atomic E-state index is 1.15. The Bertz CT molecular complexity index is 603. The maximum Gasteiger partial charge on any atom is 0.0285 e. The van der Waals surface area contributed by atoms with Crippen LogP contribution in [0.5, 0.6) is 0 Å². The monoisotopic (exact) mass is 346 g/mol. The summed E-state index contributed by atoms with van der Waals surface area (Å²) in [4.78, 5) is 5.01. The molecule has 0 amide bonds. The van der Waals surface area contributed by atoms with Crippen LogP contribution in [0.4, 0.5) is 0 Å². The molecule has 0 bridgehead atoms. The molecule has 0 aliphatic carbocycles. The molecule has 0 radical (unpaired) electrons. The normalized spacial score (nSPS) is 17.4.